The van der Waals surface area contributed by atoms with Gasteiger partial charge in [0.1, 0.15) is 0 Å². The highest BCUT2D eigenvalue weighted by Crippen LogP contribution is 2.20. The molecule has 0 heterocycles. The molecular weight excluding hydrogens is 324 g/mol. The number of carboxylic acids is 1. The molecule has 6 heteroatoms. The van der Waals surface area contributed by atoms with Crippen molar-refractivity contribution < 1.29 is 14.7 Å². The van der Waals surface area contributed by atoms with E-state index in [9.17, 15) is 9.59 Å². The SMILES string of the molecule is NC(=O)c1cc(Br)ccc1NCCCCCCC(=O)O. The van der Waals surface area contributed by atoms with Crippen LogP contribution in [0.3, 0.4) is 0 Å². The molecule has 0 unspecified atom stereocenters. The zero-order valence-electron chi connectivity index (χ0n) is 11.2. The molecule has 0 aromatic heterocycles. The molecule has 0 spiro atoms. The Morgan fingerprint density at radius 3 is 2.55 bits per heavy atom. The van der Waals surface area contributed by atoms with Crippen LogP contribution in [0.4, 0.5) is 5.69 Å². The Labute approximate surface area is 126 Å². The lowest BCUT2D eigenvalue weighted by atomic mass is 10.1. The molecule has 0 atom stereocenters. The summed E-state index contributed by atoms with van der Waals surface area (Å²) in [4.78, 5) is 21.7. The Kier molecular flexibility index (Phi) is 7.08. The molecule has 0 aliphatic rings. The van der Waals surface area contributed by atoms with E-state index in [1.54, 1.807) is 6.07 Å². The van der Waals surface area contributed by atoms with Gasteiger partial charge >= 0.3 is 5.97 Å². The number of carbonyl (C=O) groups is 2. The number of amides is 1. The van der Waals surface area contributed by atoms with Crippen LogP contribution in [0.5, 0.6) is 0 Å². The topological polar surface area (TPSA) is 92.4 Å². The van der Waals surface area contributed by atoms with E-state index in [-0.39, 0.29) is 6.42 Å². The van der Waals surface area contributed by atoms with E-state index in [0.717, 1.165) is 36.0 Å². The van der Waals surface area contributed by atoms with Crippen LogP contribution in [0.25, 0.3) is 0 Å². The van der Waals surface area contributed by atoms with Crippen LogP contribution in [0.1, 0.15) is 42.5 Å². The van der Waals surface area contributed by atoms with E-state index in [1.165, 1.54) is 0 Å². The Morgan fingerprint density at radius 1 is 1.20 bits per heavy atom. The molecule has 110 valence electrons. The minimum atomic E-state index is -0.746. The quantitative estimate of drug-likeness (QED) is 0.601. The predicted molar refractivity (Wildman–Crippen MR) is 81.9 cm³/mol. The first-order valence-electron chi connectivity index (χ1n) is 6.55. The Bertz CT molecular complexity index is 477. The summed E-state index contributed by atoms with van der Waals surface area (Å²) in [6, 6.07) is 5.35. The number of carboxylic acid groups (broad SMARTS) is 1. The molecular formula is C14H19BrN2O3. The summed E-state index contributed by atoms with van der Waals surface area (Å²) in [7, 11) is 0. The molecule has 20 heavy (non-hydrogen) atoms. The number of nitrogens with two attached hydrogens (primary N) is 1. The lowest BCUT2D eigenvalue weighted by Gasteiger charge is -2.10. The van der Waals surface area contributed by atoms with Gasteiger partial charge in [-0.1, -0.05) is 28.8 Å². The van der Waals surface area contributed by atoms with Gasteiger partial charge in [-0.25, -0.2) is 0 Å². The second-order valence-electron chi connectivity index (χ2n) is 4.54. The van der Waals surface area contributed by atoms with Crippen molar-refractivity contribution in [3.05, 3.63) is 28.2 Å². The molecule has 4 N–H and O–H groups in total. The van der Waals surface area contributed by atoms with E-state index in [0.29, 0.717) is 12.0 Å². The maximum atomic E-state index is 11.3. The number of anilines is 1. The van der Waals surface area contributed by atoms with Crippen molar-refractivity contribution in [2.45, 2.75) is 32.1 Å². The van der Waals surface area contributed by atoms with Gasteiger partial charge in [0.2, 0.25) is 0 Å². The second-order valence-corrected chi connectivity index (χ2v) is 5.45. The molecule has 1 aromatic rings. The number of hydrogen-bond donors (Lipinski definition) is 3. The lowest BCUT2D eigenvalue weighted by Crippen LogP contribution is -2.15. The highest BCUT2D eigenvalue weighted by atomic mass is 79.9. The largest absolute Gasteiger partial charge is 0.481 e. The lowest BCUT2D eigenvalue weighted by molar-refractivity contribution is -0.137. The van der Waals surface area contributed by atoms with Gasteiger partial charge in [-0.05, 0) is 31.0 Å². The molecule has 0 fully saturated rings. The van der Waals surface area contributed by atoms with E-state index >= 15 is 0 Å². The van der Waals surface area contributed by atoms with Gasteiger partial charge < -0.3 is 16.2 Å². The molecule has 1 aromatic carbocycles. The fraction of sp³-hybridized carbons (Fsp3) is 0.429. The molecule has 0 bridgehead atoms. The van der Waals surface area contributed by atoms with E-state index in [4.69, 9.17) is 10.8 Å². The number of aliphatic carboxylic acids is 1. The van der Waals surface area contributed by atoms with Crippen molar-refractivity contribution in [1.29, 1.82) is 0 Å². The van der Waals surface area contributed by atoms with Crippen LogP contribution in [0.15, 0.2) is 22.7 Å². The van der Waals surface area contributed by atoms with Gasteiger partial charge in [0.25, 0.3) is 5.91 Å². The summed E-state index contributed by atoms with van der Waals surface area (Å²) >= 11 is 3.30. The minimum Gasteiger partial charge on any atom is -0.481 e. The number of hydrogen-bond acceptors (Lipinski definition) is 3. The summed E-state index contributed by atoms with van der Waals surface area (Å²) in [5.41, 5.74) is 6.52. The Hall–Kier alpha value is -1.56. The summed E-state index contributed by atoms with van der Waals surface area (Å²) in [6.45, 7) is 0.731. The summed E-state index contributed by atoms with van der Waals surface area (Å²) < 4.78 is 0.811. The van der Waals surface area contributed by atoms with Crippen LogP contribution >= 0.6 is 15.9 Å². The van der Waals surface area contributed by atoms with Crippen molar-refractivity contribution in [1.82, 2.24) is 0 Å². The van der Waals surface area contributed by atoms with Gasteiger partial charge in [-0.3, -0.25) is 9.59 Å². The fourth-order valence-electron chi connectivity index (χ4n) is 1.85. The number of nitrogens with one attached hydrogen (secondary N) is 1. The molecule has 5 nitrogen and oxygen atoms in total. The zero-order chi connectivity index (χ0) is 15.0. The number of carbonyl (C=O) groups excluding carboxylic acids is 1. The van der Waals surface area contributed by atoms with Crippen molar-refractivity contribution >= 4 is 33.5 Å². The molecule has 1 rings (SSSR count). The second kappa shape index (κ2) is 8.58. The number of unbranched alkanes of at least 4 members (excludes halogenated alkanes) is 3. The smallest absolute Gasteiger partial charge is 0.303 e. The van der Waals surface area contributed by atoms with Gasteiger partial charge in [0.05, 0.1) is 5.56 Å². The van der Waals surface area contributed by atoms with Crippen molar-refractivity contribution in [3.63, 3.8) is 0 Å². The summed E-state index contributed by atoms with van der Waals surface area (Å²) in [5, 5.41) is 11.7. The monoisotopic (exact) mass is 342 g/mol. The molecule has 0 aliphatic heterocycles. The third kappa shape index (κ3) is 6.06. The van der Waals surface area contributed by atoms with Crippen molar-refractivity contribution in [3.8, 4) is 0 Å². The first kappa shape index (κ1) is 16.5. The van der Waals surface area contributed by atoms with Crippen LogP contribution in [-0.4, -0.2) is 23.5 Å². The maximum absolute atomic E-state index is 11.3. The highest BCUT2D eigenvalue weighted by molar-refractivity contribution is 9.10. The van der Waals surface area contributed by atoms with Gasteiger partial charge in [-0.15, -0.1) is 0 Å². The predicted octanol–water partition coefficient (Wildman–Crippen LogP) is 3.00. The molecule has 1 amide bonds. The highest BCUT2D eigenvalue weighted by Gasteiger charge is 2.08. The zero-order valence-corrected chi connectivity index (χ0v) is 12.8. The Morgan fingerprint density at radius 2 is 1.90 bits per heavy atom. The van der Waals surface area contributed by atoms with Crippen LogP contribution in [-0.2, 0) is 4.79 Å². The van der Waals surface area contributed by atoms with E-state index in [2.05, 4.69) is 21.2 Å². The normalized spacial score (nSPS) is 10.2. The van der Waals surface area contributed by atoms with Crippen molar-refractivity contribution in [2.24, 2.45) is 5.73 Å². The van der Waals surface area contributed by atoms with Gasteiger partial charge in [-0.2, -0.15) is 0 Å². The number of benzene rings is 1. The minimum absolute atomic E-state index is 0.228. The van der Waals surface area contributed by atoms with Crippen LogP contribution in [0, 0.1) is 0 Å². The third-order valence-corrected chi connectivity index (χ3v) is 3.37. The van der Waals surface area contributed by atoms with E-state index < -0.39 is 11.9 Å². The van der Waals surface area contributed by atoms with Crippen LogP contribution in [0.2, 0.25) is 0 Å². The molecule has 0 radical (unpaired) electrons. The fourth-order valence-corrected chi connectivity index (χ4v) is 2.21. The molecule has 0 saturated heterocycles. The first-order valence-corrected chi connectivity index (χ1v) is 7.35. The van der Waals surface area contributed by atoms with Crippen LogP contribution < -0.4 is 11.1 Å². The van der Waals surface area contributed by atoms with Gasteiger partial charge in [0.15, 0.2) is 0 Å². The maximum Gasteiger partial charge on any atom is 0.303 e. The van der Waals surface area contributed by atoms with Gasteiger partial charge in [0, 0.05) is 23.1 Å². The number of halogens is 1. The summed E-state index contributed by atoms with van der Waals surface area (Å²) in [6.07, 6.45) is 3.72. The average molecular weight is 343 g/mol. The standard InChI is InChI=1S/C14H19BrN2O3/c15-10-6-7-12(11(9-10)14(16)20)17-8-4-2-1-3-5-13(18)19/h6-7,9,17H,1-5,8H2,(H2,16,20)(H,18,19). The average Bonchev–Trinajstić information content (AvgIpc) is 2.38. The first-order chi connectivity index (χ1) is 9.50. The number of primary amides is 1. The number of rotatable bonds is 9. The van der Waals surface area contributed by atoms with E-state index in [1.807, 2.05) is 12.1 Å². The Balaban J connectivity index is 2.32. The third-order valence-electron chi connectivity index (χ3n) is 2.88. The van der Waals surface area contributed by atoms with Crippen molar-refractivity contribution in [2.75, 3.05) is 11.9 Å². The summed E-state index contributed by atoms with van der Waals surface area (Å²) in [5.74, 6) is -1.21. The molecule has 0 saturated carbocycles. The molecule has 0 aliphatic carbocycles.